The molecule has 38 heavy (non-hydrogen) atoms. The van der Waals surface area contributed by atoms with Gasteiger partial charge < -0.3 is 14.6 Å². The van der Waals surface area contributed by atoms with Gasteiger partial charge >= 0.3 is 7.12 Å². The van der Waals surface area contributed by atoms with E-state index in [0.29, 0.717) is 30.2 Å². The number of hydrogen-bond acceptors (Lipinski definition) is 6. The van der Waals surface area contributed by atoms with E-state index in [1.807, 2.05) is 36.0 Å². The van der Waals surface area contributed by atoms with Gasteiger partial charge in [-0.2, -0.15) is 0 Å². The third-order valence-corrected chi connectivity index (χ3v) is 7.09. The monoisotopic (exact) mass is 503 g/mol. The zero-order valence-electron chi connectivity index (χ0n) is 21.8. The van der Waals surface area contributed by atoms with E-state index in [0.717, 1.165) is 22.2 Å². The van der Waals surface area contributed by atoms with Crippen molar-refractivity contribution in [3.63, 3.8) is 0 Å². The minimum absolute atomic E-state index is 0.0465. The van der Waals surface area contributed by atoms with E-state index in [9.17, 15) is 0 Å². The molecule has 7 nitrogen and oxygen atoms in total. The lowest BCUT2D eigenvalue weighted by Gasteiger charge is -2.36. The Labute approximate surface area is 223 Å². The number of nitrogens with one attached hydrogen (secondary N) is 1. The normalized spacial score (nSPS) is 15.5. The van der Waals surface area contributed by atoms with Crippen LogP contribution in [0.25, 0.3) is 11.2 Å². The second kappa shape index (κ2) is 9.70. The lowest BCUT2D eigenvalue weighted by Crippen LogP contribution is -2.48. The summed E-state index contributed by atoms with van der Waals surface area (Å²) in [4.78, 5) is 5.00. The van der Waals surface area contributed by atoms with Gasteiger partial charge in [-0.05, 0) is 22.8 Å². The molecule has 0 atom stereocenters. The van der Waals surface area contributed by atoms with Crippen LogP contribution < -0.4 is 10.8 Å². The Hall–Kier alpha value is -4.01. The van der Waals surface area contributed by atoms with Gasteiger partial charge in [-0.3, -0.25) is 0 Å². The quantitative estimate of drug-likeness (QED) is 0.272. The SMILES string of the molecule is CNc1cc(B2OCC(C)(C)CO2)c2nnn(C(c3ccccc3)(c3ccccc3)c3ccccc3)c2n1. The van der Waals surface area contributed by atoms with Gasteiger partial charge in [0.2, 0.25) is 0 Å². The summed E-state index contributed by atoms with van der Waals surface area (Å²) >= 11 is 0. The fourth-order valence-electron chi connectivity index (χ4n) is 5.24. The van der Waals surface area contributed by atoms with Gasteiger partial charge in [-0.15, -0.1) is 5.10 Å². The molecule has 1 saturated heterocycles. The van der Waals surface area contributed by atoms with E-state index >= 15 is 0 Å². The molecule has 0 spiro atoms. The van der Waals surface area contributed by atoms with E-state index in [1.165, 1.54) is 0 Å². The van der Waals surface area contributed by atoms with Gasteiger partial charge in [0.15, 0.2) is 5.65 Å². The first-order valence-corrected chi connectivity index (χ1v) is 12.9. The average molecular weight is 503 g/mol. The molecule has 1 N–H and O–H groups in total. The van der Waals surface area contributed by atoms with Crippen molar-refractivity contribution in [1.29, 1.82) is 0 Å². The molecule has 0 aliphatic carbocycles. The van der Waals surface area contributed by atoms with E-state index < -0.39 is 12.7 Å². The van der Waals surface area contributed by atoms with Crippen LogP contribution in [0.5, 0.6) is 0 Å². The molecule has 0 unspecified atom stereocenters. The summed E-state index contributed by atoms with van der Waals surface area (Å²) in [5, 5.41) is 12.7. The predicted octanol–water partition coefficient (Wildman–Crippen LogP) is 4.48. The molecule has 5 aromatic rings. The summed E-state index contributed by atoms with van der Waals surface area (Å²) in [5.74, 6) is 0.691. The third-order valence-electron chi connectivity index (χ3n) is 7.09. The molecular weight excluding hydrogens is 473 g/mol. The molecular formula is C30H30BN5O2. The third kappa shape index (κ3) is 4.06. The van der Waals surface area contributed by atoms with Gasteiger partial charge in [0.25, 0.3) is 0 Å². The van der Waals surface area contributed by atoms with Crippen molar-refractivity contribution in [3.8, 4) is 0 Å². The number of benzene rings is 3. The van der Waals surface area contributed by atoms with E-state index in [1.54, 1.807) is 0 Å². The van der Waals surface area contributed by atoms with Crippen molar-refractivity contribution in [2.75, 3.05) is 25.6 Å². The Morgan fingerprint density at radius 2 is 1.32 bits per heavy atom. The molecule has 3 aromatic carbocycles. The first-order chi connectivity index (χ1) is 18.5. The molecule has 1 fully saturated rings. The Balaban J connectivity index is 1.66. The van der Waals surface area contributed by atoms with Crippen molar-refractivity contribution in [2.24, 2.45) is 5.41 Å². The molecule has 1 aliphatic heterocycles. The van der Waals surface area contributed by atoms with Gasteiger partial charge in [-0.25, -0.2) is 9.67 Å². The lowest BCUT2D eigenvalue weighted by molar-refractivity contribution is 0.0344. The fraction of sp³-hybridized carbons (Fsp3) is 0.233. The summed E-state index contributed by atoms with van der Waals surface area (Å²) in [6.07, 6.45) is 0. The second-order valence-electron chi connectivity index (χ2n) is 10.4. The number of pyridine rings is 1. The van der Waals surface area contributed by atoms with Crippen LogP contribution >= 0.6 is 0 Å². The Bertz CT molecular complexity index is 1430. The highest BCUT2D eigenvalue weighted by Crippen LogP contribution is 2.41. The van der Waals surface area contributed by atoms with Crippen LogP contribution in [0.4, 0.5) is 5.82 Å². The Morgan fingerprint density at radius 3 is 1.79 bits per heavy atom. The molecule has 190 valence electrons. The minimum Gasteiger partial charge on any atom is -0.407 e. The van der Waals surface area contributed by atoms with Crippen LogP contribution in [0.2, 0.25) is 0 Å². The van der Waals surface area contributed by atoms with Crippen molar-refractivity contribution in [1.82, 2.24) is 20.0 Å². The highest BCUT2D eigenvalue weighted by atomic mass is 16.6. The van der Waals surface area contributed by atoms with Crippen molar-refractivity contribution < 1.29 is 9.31 Å². The maximum Gasteiger partial charge on any atom is 0.496 e. The predicted molar refractivity (Wildman–Crippen MR) is 151 cm³/mol. The van der Waals surface area contributed by atoms with Crippen LogP contribution in [0.1, 0.15) is 30.5 Å². The number of aromatic nitrogens is 4. The van der Waals surface area contributed by atoms with Crippen LogP contribution in [0.3, 0.4) is 0 Å². The van der Waals surface area contributed by atoms with Crippen LogP contribution in [0, 0.1) is 5.41 Å². The first kappa shape index (κ1) is 24.3. The summed E-state index contributed by atoms with van der Waals surface area (Å²) in [6, 6.07) is 33.1. The number of anilines is 1. The van der Waals surface area contributed by atoms with Gasteiger partial charge in [0, 0.05) is 31.1 Å². The number of hydrogen-bond donors (Lipinski definition) is 1. The number of rotatable bonds is 6. The van der Waals surface area contributed by atoms with Gasteiger partial charge in [0.05, 0.1) is 0 Å². The van der Waals surface area contributed by atoms with Crippen molar-refractivity contribution >= 4 is 29.6 Å². The highest BCUT2D eigenvalue weighted by Gasteiger charge is 2.43. The number of fused-ring (bicyclic) bond motifs is 1. The number of nitrogens with zero attached hydrogens (tertiary/aromatic N) is 4. The molecule has 3 heterocycles. The van der Waals surface area contributed by atoms with Crippen LogP contribution in [0.15, 0.2) is 97.1 Å². The van der Waals surface area contributed by atoms with E-state index in [-0.39, 0.29) is 5.41 Å². The van der Waals surface area contributed by atoms with Crippen molar-refractivity contribution in [2.45, 2.75) is 19.4 Å². The maximum atomic E-state index is 6.18. The average Bonchev–Trinajstić information content (AvgIpc) is 3.39. The zero-order chi connectivity index (χ0) is 26.2. The molecule has 8 heteroatoms. The summed E-state index contributed by atoms with van der Waals surface area (Å²) < 4.78 is 14.3. The van der Waals surface area contributed by atoms with Crippen LogP contribution in [-0.2, 0) is 14.8 Å². The molecule has 0 saturated carbocycles. The second-order valence-corrected chi connectivity index (χ2v) is 10.4. The summed E-state index contributed by atoms with van der Waals surface area (Å²) in [7, 11) is 1.31. The van der Waals surface area contributed by atoms with Crippen LogP contribution in [-0.4, -0.2) is 47.4 Å². The Kier molecular flexibility index (Phi) is 6.22. The van der Waals surface area contributed by atoms with Gasteiger partial charge in [-0.1, -0.05) is 110 Å². The summed E-state index contributed by atoms with van der Waals surface area (Å²) in [5.41, 5.74) is 4.38. The van der Waals surface area contributed by atoms with E-state index in [4.69, 9.17) is 24.6 Å². The zero-order valence-corrected chi connectivity index (χ0v) is 21.8. The molecule has 0 bridgehead atoms. The minimum atomic E-state index is -0.828. The molecule has 6 rings (SSSR count). The molecule has 2 aromatic heterocycles. The molecule has 0 radical (unpaired) electrons. The van der Waals surface area contributed by atoms with E-state index in [2.05, 4.69) is 92.0 Å². The fourth-order valence-corrected chi connectivity index (χ4v) is 5.24. The lowest BCUT2D eigenvalue weighted by atomic mass is 9.75. The summed E-state index contributed by atoms with van der Waals surface area (Å²) in [6.45, 7) is 5.45. The molecule has 0 amide bonds. The Morgan fingerprint density at radius 1 is 0.816 bits per heavy atom. The largest absolute Gasteiger partial charge is 0.496 e. The standard InChI is InChI=1S/C30H30BN5O2/c1-29(2)20-37-31(38-21-29)25-19-26(32-3)33-28-27(25)34-35-36(28)30(22-13-7-4-8-14-22,23-15-9-5-10-16-23)24-17-11-6-12-18-24/h4-19H,20-21H2,1-3H3,(H,32,33). The topological polar surface area (TPSA) is 74.1 Å². The molecule has 1 aliphatic rings. The highest BCUT2D eigenvalue weighted by molar-refractivity contribution is 6.64. The van der Waals surface area contributed by atoms with Crippen molar-refractivity contribution in [3.05, 3.63) is 114 Å². The smallest absolute Gasteiger partial charge is 0.407 e. The first-order valence-electron chi connectivity index (χ1n) is 12.9. The van der Waals surface area contributed by atoms with Gasteiger partial charge in [0.1, 0.15) is 16.9 Å². The maximum absolute atomic E-state index is 6.18.